The molecule has 24 heavy (non-hydrogen) atoms. The maximum absolute atomic E-state index is 11.8. The summed E-state index contributed by atoms with van der Waals surface area (Å²) in [5.74, 6) is 1.13. The Bertz CT molecular complexity index is 858. The van der Waals surface area contributed by atoms with Crippen molar-refractivity contribution >= 4 is 23.0 Å². The van der Waals surface area contributed by atoms with Gasteiger partial charge >= 0.3 is 5.97 Å². The van der Waals surface area contributed by atoms with Gasteiger partial charge in [-0.3, -0.25) is 0 Å². The Balaban J connectivity index is 1.77. The normalized spacial score (nSPS) is 10.6. The van der Waals surface area contributed by atoms with E-state index in [1.165, 1.54) is 0 Å². The number of H-pyrrole nitrogens is 1. The zero-order chi connectivity index (χ0) is 16.9. The second kappa shape index (κ2) is 7.04. The summed E-state index contributed by atoms with van der Waals surface area (Å²) in [5, 5.41) is 3.24. The van der Waals surface area contributed by atoms with Crippen LogP contribution in [0.4, 0.5) is 5.95 Å². The highest BCUT2D eigenvalue weighted by Crippen LogP contribution is 2.20. The molecule has 0 bridgehead atoms. The molecule has 3 rings (SSSR count). The smallest absolute Gasteiger partial charge is 0.338 e. The van der Waals surface area contributed by atoms with E-state index >= 15 is 0 Å². The zero-order valence-corrected chi connectivity index (χ0v) is 13.6. The minimum Gasteiger partial charge on any atom is -0.496 e. The van der Waals surface area contributed by atoms with E-state index in [1.54, 1.807) is 32.2 Å². The maximum atomic E-state index is 11.8. The van der Waals surface area contributed by atoms with Crippen LogP contribution in [0.3, 0.4) is 0 Å². The van der Waals surface area contributed by atoms with Gasteiger partial charge in [-0.1, -0.05) is 18.2 Å². The van der Waals surface area contributed by atoms with Crippen molar-refractivity contribution in [2.45, 2.75) is 13.5 Å². The summed E-state index contributed by atoms with van der Waals surface area (Å²) < 4.78 is 10.3. The van der Waals surface area contributed by atoms with Crippen LogP contribution >= 0.6 is 0 Å². The van der Waals surface area contributed by atoms with Crippen molar-refractivity contribution < 1.29 is 14.3 Å². The molecule has 0 unspecified atom stereocenters. The van der Waals surface area contributed by atoms with Gasteiger partial charge in [0, 0.05) is 12.1 Å². The molecule has 0 atom stereocenters. The molecule has 1 heterocycles. The standard InChI is InChI=1S/C18H19N3O3/c1-3-24-17(22)12-8-9-14-15(10-12)21-18(20-14)19-11-13-6-4-5-7-16(13)23-2/h4-10H,3,11H2,1-2H3,(H2,19,20,21). The molecule has 3 aromatic rings. The molecule has 0 aliphatic rings. The van der Waals surface area contributed by atoms with Crippen LogP contribution in [0.25, 0.3) is 11.0 Å². The first-order valence-corrected chi connectivity index (χ1v) is 7.74. The van der Waals surface area contributed by atoms with Crippen LogP contribution in [0.5, 0.6) is 5.75 Å². The second-order valence-corrected chi connectivity index (χ2v) is 5.20. The Morgan fingerprint density at radius 1 is 1.25 bits per heavy atom. The molecular weight excluding hydrogens is 306 g/mol. The van der Waals surface area contributed by atoms with Gasteiger partial charge in [-0.25, -0.2) is 9.78 Å². The van der Waals surface area contributed by atoms with Crippen molar-refractivity contribution in [1.29, 1.82) is 0 Å². The first-order chi connectivity index (χ1) is 11.7. The Hall–Kier alpha value is -3.02. The van der Waals surface area contributed by atoms with E-state index in [9.17, 15) is 4.79 Å². The fraction of sp³-hybridized carbons (Fsp3) is 0.222. The van der Waals surface area contributed by atoms with Crippen molar-refractivity contribution in [2.24, 2.45) is 0 Å². The summed E-state index contributed by atoms with van der Waals surface area (Å²) in [4.78, 5) is 19.4. The molecule has 0 amide bonds. The van der Waals surface area contributed by atoms with Gasteiger partial charge in [0.2, 0.25) is 5.95 Å². The van der Waals surface area contributed by atoms with Crippen molar-refractivity contribution in [3.05, 3.63) is 53.6 Å². The number of methoxy groups -OCH3 is 1. The minimum absolute atomic E-state index is 0.336. The van der Waals surface area contributed by atoms with E-state index in [-0.39, 0.29) is 5.97 Å². The molecule has 1 aromatic heterocycles. The van der Waals surface area contributed by atoms with Crippen LogP contribution in [0, 0.1) is 0 Å². The number of benzene rings is 2. The molecular formula is C18H19N3O3. The number of aromatic amines is 1. The summed E-state index contributed by atoms with van der Waals surface area (Å²) in [6.07, 6.45) is 0. The van der Waals surface area contributed by atoms with Gasteiger partial charge in [0.1, 0.15) is 5.75 Å². The summed E-state index contributed by atoms with van der Waals surface area (Å²) in [7, 11) is 1.65. The maximum Gasteiger partial charge on any atom is 0.338 e. The number of aromatic nitrogens is 2. The van der Waals surface area contributed by atoms with Crippen molar-refractivity contribution in [3.8, 4) is 5.75 Å². The van der Waals surface area contributed by atoms with Crippen LogP contribution in [0.1, 0.15) is 22.8 Å². The largest absolute Gasteiger partial charge is 0.496 e. The van der Waals surface area contributed by atoms with E-state index < -0.39 is 0 Å². The van der Waals surface area contributed by atoms with Crippen molar-refractivity contribution in [3.63, 3.8) is 0 Å². The molecule has 124 valence electrons. The van der Waals surface area contributed by atoms with Gasteiger partial charge in [-0.2, -0.15) is 0 Å². The van der Waals surface area contributed by atoms with Gasteiger partial charge in [0.15, 0.2) is 0 Å². The second-order valence-electron chi connectivity index (χ2n) is 5.20. The Morgan fingerprint density at radius 2 is 2.08 bits per heavy atom. The van der Waals surface area contributed by atoms with E-state index in [4.69, 9.17) is 9.47 Å². The number of carbonyl (C=O) groups is 1. The lowest BCUT2D eigenvalue weighted by molar-refractivity contribution is 0.0526. The van der Waals surface area contributed by atoms with Gasteiger partial charge in [0.05, 0.1) is 30.3 Å². The van der Waals surface area contributed by atoms with E-state index in [2.05, 4.69) is 15.3 Å². The van der Waals surface area contributed by atoms with Gasteiger partial charge < -0.3 is 19.8 Å². The first kappa shape index (κ1) is 15.9. The summed E-state index contributed by atoms with van der Waals surface area (Å²) in [6.45, 7) is 2.71. The van der Waals surface area contributed by atoms with E-state index in [0.717, 1.165) is 22.3 Å². The van der Waals surface area contributed by atoms with Crippen molar-refractivity contribution in [2.75, 3.05) is 19.0 Å². The molecule has 6 heteroatoms. The highest BCUT2D eigenvalue weighted by molar-refractivity contribution is 5.94. The number of ether oxygens (including phenoxy) is 2. The highest BCUT2D eigenvalue weighted by atomic mass is 16.5. The van der Waals surface area contributed by atoms with E-state index in [0.29, 0.717) is 24.7 Å². The summed E-state index contributed by atoms with van der Waals surface area (Å²) >= 11 is 0. The highest BCUT2D eigenvalue weighted by Gasteiger charge is 2.10. The molecule has 0 saturated carbocycles. The van der Waals surface area contributed by atoms with Crippen LogP contribution in [0.15, 0.2) is 42.5 Å². The zero-order valence-electron chi connectivity index (χ0n) is 13.6. The number of hydrogen-bond donors (Lipinski definition) is 2. The molecule has 0 fully saturated rings. The van der Waals surface area contributed by atoms with E-state index in [1.807, 2.05) is 24.3 Å². The SMILES string of the molecule is CCOC(=O)c1ccc2nc(NCc3ccccc3OC)[nH]c2c1. The molecule has 2 aromatic carbocycles. The third-order valence-corrected chi connectivity index (χ3v) is 3.63. The monoisotopic (exact) mass is 325 g/mol. The average molecular weight is 325 g/mol. The van der Waals surface area contributed by atoms with Crippen LogP contribution in [0.2, 0.25) is 0 Å². The van der Waals surface area contributed by atoms with Crippen molar-refractivity contribution in [1.82, 2.24) is 9.97 Å². The fourth-order valence-corrected chi connectivity index (χ4v) is 2.46. The summed E-state index contributed by atoms with van der Waals surface area (Å²) in [5.41, 5.74) is 3.10. The van der Waals surface area contributed by atoms with Crippen LogP contribution < -0.4 is 10.1 Å². The topological polar surface area (TPSA) is 76.2 Å². The number of fused-ring (bicyclic) bond motifs is 1. The average Bonchev–Trinajstić information content (AvgIpc) is 3.02. The number of para-hydroxylation sites is 1. The third-order valence-electron chi connectivity index (χ3n) is 3.63. The quantitative estimate of drug-likeness (QED) is 0.680. The Morgan fingerprint density at radius 3 is 2.88 bits per heavy atom. The predicted octanol–water partition coefficient (Wildman–Crippen LogP) is 3.36. The molecule has 0 saturated heterocycles. The molecule has 0 aliphatic heterocycles. The lowest BCUT2D eigenvalue weighted by Gasteiger charge is -2.08. The number of esters is 1. The number of carbonyl (C=O) groups excluding carboxylic acids is 1. The van der Waals surface area contributed by atoms with Gasteiger partial charge in [-0.15, -0.1) is 0 Å². The molecule has 2 N–H and O–H groups in total. The number of nitrogens with one attached hydrogen (secondary N) is 2. The Kier molecular flexibility index (Phi) is 4.65. The molecule has 0 spiro atoms. The van der Waals surface area contributed by atoms with Gasteiger partial charge in [0.25, 0.3) is 0 Å². The first-order valence-electron chi connectivity index (χ1n) is 7.74. The molecule has 0 aliphatic carbocycles. The predicted molar refractivity (Wildman–Crippen MR) is 92.4 cm³/mol. The number of nitrogens with zero attached hydrogens (tertiary/aromatic N) is 1. The van der Waals surface area contributed by atoms with Crippen LogP contribution in [-0.4, -0.2) is 29.7 Å². The summed E-state index contributed by atoms with van der Waals surface area (Å²) in [6, 6.07) is 13.1. The van der Waals surface area contributed by atoms with Crippen LogP contribution in [-0.2, 0) is 11.3 Å². The molecule has 0 radical (unpaired) electrons. The minimum atomic E-state index is -0.336. The number of rotatable bonds is 6. The third kappa shape index (κ3) is 3.32. The lowest BCUT2D eigenvalue weighted by atomic mass is 10.2. The lowest BCUT2D eigenvalue weighted by Crippen LogP contribution is -2.04. The number of hydrogen-bond acceptors (Lipinski definition) is 5. The van der Waals surface area contributed by atoms with Gasteiger partial charge in [-0.05, 0) is 31.2 Å². The fourth-order valence-electron chi connectivity index (χ4n) is 2.46. The number of imidazole rings is 1. The molecule has 6 nitrogen and oxygen atoms in total. The number of anilines is 1. The Labute approximate surface area is 139 Å².